The topological polar surface area (TPSA) is 0 Å². The maximum absolute atomic E-state index is 2.17. The highest BCUT2D eigenvalue weighted by Crippen LogP contribution is 2.15. The lowest BCUT2D eigenvalue weighted by molar-refractivity contribution is 0.504. The fourth-order valence-electron chi connectivity index (χ4n) is 1.06. The zero-order valence-electron chi connectivity index (χ0n) is 7.82. The lowest BCUT2D eigenvalue weighted by Crippen LogP contribution is -1.85. The molecule has 0 aromatic heterocycles. The smallest absolute Gasteiger partial charge is 0.0500 e. The minimum atomic E-state index is 0.833. The molecule has 1 fully saturated rings. The van der Waals surface area contributed by atoms with Gasteiger partial charge >= 0.3 is 0 Å². The number of hydrogen-bond donors (Lipinski definition) is 0. The summed E-state index contributed by atoms with van der Waals surface area (Å²) in [6.45, 7) is 6.50. The van der Waals surface area contributed by atoms with E-state index in [1.54, 1.807) is 0 Å². The van der Waals surface area contributed by atoms with Gasteiger partial charge in [-0.15, -0.1) is 0 Å². The SMILES string of the molecule is C1CCCCC1.CC(C)C. The molecule has 0 saturated heterocycles. The minimum absolute atomic E-state index is 0.833. The summed E-state index contributed by atoms with van der Waals surface area (Å²) in [5, 5.41) is 0. The van der Waals surface area contributed by atoms with Crippen LogP contribution in [0.5, 0.6) is 0 Å². The summed E-state index contributed by atoms with van der Waals surface area (Å²) in [5.41, 5.74) is 0. The van der Waals surface area contributed by atoms with E-state index in [-0.39, 0.29) is 0 Å². The van der Waals surface area contributed by atoms with Gasteiger partial charge in [-0.25, -0.2) is 0 Å². The minimum Gasteiger partial charge on any atom is -0.0630 e. The molecule has 0 heterocycles. The van der Waals surface area contributed by atoms with Gasteiger partial charge in [0, 0.05) is 0 Å². The van der Waals surface area contributed by atoms with Crippen LogP contribution in [0.4, 0.5) is 0 Å². The highest BCUT2D eigenvalue weighted by atomic mass is 14.0. The van der Waals surface area contributed by atoms with E-state index in [0.717, 1.165) is 5.92 Å². The van der Waals surface area contributed by atoms with Crippen molar-refractivity contribution >= 4 is 0 Å². The molecule has 1 saturated carbocycles. The van der Waals surface area contributed by atoms with Crippen molar-refractivity contribution in [3.05, 3.63) is 0 Å². The molecule has 0 aromatic rings. The van der Waals surface area contributed by atoms with Crippen LogP contribution in [0.25, 0.3) is 0 Å². The van der Waals surface area contributed by atoms with E-state index in [2.05, 4.69) is 20.8 Å². The van der Waals surface area contributed by atoms with Crippen molar-refractivity contribution in [3.63, 3.8) is 0 Å². The van der Waals surface area contributed by atoms with Gasteiger partial charge in [0.2, 0.25) is 0 Å². The second kappa shape index (κ2) is 7.11. The van der Waals surface area contributed by atoms with Crippen molar-refractivity contribution in [1.82, 2.24) is 0 Å². The maximum Gasteiger partial charge on any atom is -0.0500 e. The van der Waals surface area contributed by atoms with Crippen LogP contribution in [-0.4, -0.2) is 0 Å². The first kappa shape index (κ1) is 10.0. The van der Waals surface area contributed by atoms with Crippen molar-refractivity contribution in [1.29, 1.82) is 0 Å². The molecule has 0 atom stereocenters. The normalized spacial score (nSPS) is 18.0. The van der Waals surface area contributed by atoms with E-state index in [4.69, 9.17) is 0 Å². The van der Waals surface area contributed by atoms with Gasteiger partial charge in [-0.1, -0.05) is 59.3 Å². The van der Waals surface area contributed by atoms with Crippen LogP contribution in [0.2, 0.25) is 0 Å². The van der Waals surface area contributed by atoms with Crippen LogP contribution >= 0.6 is 0 Å². The molecule has 0 heteroatoms. The molecule has 0 nitrogen and oxygen atoms in total. The highest BCUT2D eigenvalue weighted by Gasteiger charge is 1.95. The van der Waals surface area contributed by atoms with Crippen LogP contribution in [0.3, 0.4) is 0 Å². The van der Waals surface area contributed by atoms with Gasteiger partial charge in [-0.05, 0) is 5.92 Å². The third-order valence-electron chi connectivity index (χ3n) is 1.50. The van der Waals surface area contributed by atoms with Crippen molar-refractivity contribution in [2.45, 2.75) is 59.3 Å². The zero-order chi connectivity index (χ0) is 7.82. The van der Waals surface area contributed by atoms with E-state index in [9.17, 15) is 0 Å². The standard InChI is InChI=1S/C6H12.C4H10/c1-2-4-6-5-3-1;1-4(2)3/h1-6H2;4H,1-3H3. The Morgan fingerprint density at radius 3 is 0.800 bits per heavy atom. The number of hydrogen-bond acceptors (Lipinski definition) is 0. The van der Waals surface area contributed by atoms with E-state index in [1.807, 2.05) is 0 Å². The summed E-state index contributed by atoms with van der Waals surface area (Å²) in [6.07, 6.45) is 9.00. The molecular formula is C10H22. The van der Waals surface area contributed by atoms with Crippen LogP contribution < -0.4 is 0 Å². The molecule has 0 amide bonds. The van der Waals surface area contributed by atoms with E-state index in [1.165, 1.54) is 38.5 Å². The summed E-state index contributed by atoms with van der Waals surface area (Å²) in [6, 6.07) is 0. The lowest BCUT2D eigenvalue weighted by atomic mass is 10.0. The Morgan fingerprint density at radius 2 is 0.700 bits per heavy atom. The van der Waals surface area contributed by atoms with Crippen molar-refractivity contribution in [2.24, 2.45) is 5.92 Å². The Morgan fingerprint density at radius 1 is 0.600 bits per heavy atom. The summed E-state index contributed by atoms with van der Waals surface area (Å²) < 4.78 is 0. The molecule has 0 radical (unpaired) electrons. The van der Waals surface area contributed by atoms with Gasteiger partial charge in [-0.3, -0.25) is 0 Å². The fourth-order valence-corrected chi connectivity index (χ4v) is 1.06. The predicted octanol–water partition coefficient (Wildman–Crippen LogP) is 4.00. The Kier molecular flexibility index (Phi) is 7.11. The molecule has 0 spiro atoms. The van der Waals surface area contributed by atoms with Crippen molar-refractivity contribution in [2.75, 3.05) is 0 Å². The number of rotatable bonds is 0. The molecule has 1 rings (SSSR count). The van der Waals surface area contributed by atoms with E-state index >= 15 is 0 Å². The quantitative estimate of drug-likeness (QED) is 0.479. The third kappa shape index (κ3) is 10.9. The molecule has 10 heavy (non-hydrogen) atoms. The predicted molar refractivity (Wildman–Crippen MR) is 48.2 cm³/mol. The zero-order valence-corrected chi connectivity index (χ0v) is 7.82. The molecule has 0 aromatic carbocycles. The van der Waals surface area contributed by atoms with Crippen LogP contribution in [-0.2, 0) is 0 Å². The molecule has 0 N–H and O–H groups in total. The monoisotopic (exact) mass is 142 g/mol. The van der Waals surface area contributed by atoms with Gasteiger partial charge in [0.15, 0.2) is 0 Å². The van der Waals surface area contributed by atoms with Gasteiger partial charge in [0.05, 0.1) is 0 Å². The summed E-state index contributed by atoms with van der Waals surface area (Å²) in [4.78, 5) is 0. The molecule has 62 valence electrons. The molecule has 1 aliphatic rings. The molecular weight excluding hydrogens is 120 g/mol. The van der Waals surface area contributed by atoms with Crippen LogP contribution in [0.1, 0.15) is 59.3 Å². The Bertz CT molecular complexity index is 36.8. The molecule has 0 bridgehead atoms. The average Bonchev–Trinajstić information content (AvgIpc) is 1.90. The largest absolute Gasteiger partial charge is 0.0630 e. The Hall–Kier alpha value is 0. The fraction of sp³-hybridized carbons (Fsp3) is 1.00. The Balaban J connectivity index is 0.000000180. The highest BCUT2D eigenvalue weighted by molar-refractivity contribution is 4.51. The first-order chi connectivity index (χ1) is 4.73. The van der Waals surface area contributed by atoms with Gasteiger partial charge in [-0.2, -0.15) is 0 Å². The van der Waals surface area contributed by atoms with E-state index < -0.39 is 0 Å². The van der Waals surface area contributed by atoms with Gasteiger partial charge in [0.1, 0.15) is 0 Å². The second-order valence-electron chi connectivity index (χ2n) is 3.85. The van der Waals surface area contributed by atoms with Crippen LogP contribution in [0.15, 0.2) is 0 Å². The van der Waals surface area contributed by atoms with Gasteiger partial charge < -0.3 is 0 Å². The third-order valence-corrected chi connectivity index (χ3v) is 1.50. The molecule has 0 unspecified atom stereocenters. The average molecular weight is 142 g/mol. The van der Waals surface area contributed by atoms with Crippen LogP contribution in [0, 0.1) is 5.92 Å². The maximum atomic E-state index is 2.17. The Labute approximate surface area is 66.0 Å². The summed E-state index contributed by atoms with van der Waals surface area (Å²) >= 11 is 0. The summed E-state index contributed by atoms with van der Waals surface area (Å²) in [5.74, 6) is 0.833. The van der Waals surface area contributed by atoms with E-state index in [0.29, 0.717) is 0 Å². The van der Waals surface area contributed by atoms with Crippen molar-refractivity contribution in [3.8, 4) is 0 Å². The first-order valence-electron chi connectivity index (χ1n) is 4.73. The van der Waals surface area contributed by atoms with Crippen molar-refractivity contribution < 1.29 is 0 Å². The lowest BCUT2D eigenvalue weighted by Gasteiger charge is -2.05. The second-order valence-corrected chi connectivity index (χ2v) is 3.85. The summed E-state index contributed by atoms with van der Waals surface area (Å²) in [7, 11) is 0. The molecule has 0 aliphatic heterocycles. The first-order valence-corrected chi connectivity index (χ1v) is 4.73. The van der Waals surface area contributed by atoms with Gasteiger partial charge in [0.25, 0.3) is 0 Å². The molecule has 1 aliphatic carbocycles.